The number of fused-ring (bicyclic) bond motifs is 2. The van der Waals surface area contributed by atoms with Gasteiger partial charge in [-0.1, -0.05) is 13.0 Å². The highest BCUT2D eigenvalue weighted by Gasteiger charge is 2.16. The van der Waals surface area contributed by atoms with Crippen molar-refractivity contribution in [2.75, 3.05) is 5.32 Å². The summed E-state index contributed by atoms with van der Waals surface area (Å²) in [4.78, 5) is 37.8. The van der Waals surface area contributed by atoms with E-state index >= 15 is 0 Å². The second-order valence-corrected chi connectivity index (χ2v) is 10.2. The van der Waals surface area contributed by atoms with Gasteiger partial charge in [-0.3, -0.25) is 24.7 Å². The standard InChI is InChI=1S/C29H24N6O2S/c1-3-4-28(37)32-19-9-18(12-30-13-19)17-5-6-23-21(10-17)29(35-34-23)24-11-20-22(14-31-15-25(20)33-24)27-8-7-26(38-27)16(2)36/h5-15,33H,3-4H2,1-2H3,(H,32,37)(H,34,35). The molecule has 0 aliphatic rings. The summed E-state index contributed by atoms with van der Waals surface area (Å²) in [5.74, 6) is 0.0331. The van der Waals surface area contributed by atoms with E-state index in [0.29, 0.717) is 12.1 Å². The average molecular weight is 521 g/mol. The number of hydrogen-bond donors (Lipinski definition) is 3. The van der Waals surface area contributed by atoms with Crippen molar-refractivity contribution in [2.45, 2.75) is 26.7 Å². The molecular weight excluding hydrogens is 496 g/mol. The number of hydrogen-bond acceptors (Lipinski definition) is 6. The number of pyridine rings is 2. The highest BCUT2D eigenvalue weighted by Crippen LogP contribution is 2.37. The van der Waals surface area contributed by atoms with Gasteiger partial charge in [0.2, 0.25) is 5.91 Å². The smallest absolute Gasteiger partial charge is 0.224 e. The molecule has 8 nitrogen and oxygen atoms in total. The fraction of sp³-hybridized carbons (Fsp3) is 0.138. The Balaban J connectivity index is 1.39. The van der Waals surface area contributed by atoms with Crippen LogP contribution < -0.4 is 5.32 Å². The van der Waals surface area contributed by atoms with E-state index in [1.807, 2.05) is 43.5 Å². The van der Waals surface area contributed by atoms with Crippen LogP contribution in [0.5, 0.6) is 0 Å². The number of carbonyl (C=O) groups excluding carboxylic acids is 2. The van der Waals surface area contributed by atoms with Crippen LogP contribution in [0.15, 0.2) is 67.3 Å². The number of aromatic amines is 2. The summed E-state index contributed by atoms with van der Waals surface area (Å²) in [5.41, 5.74) is 6.96. The van der Waals surface area contributed by atoms with Gasteiger partial charge >= 0.3 is 0 Å². The molecule has 9 heteroatoms. The fourth-order valence-corrected chi connectivity index (χ4v) is 5.49. The number of rotatable bonds is 7. The summed E-state index contributed by atoms with van der Waals surface area (Å²) in [7, 11) is 0. The monoisotopic (exact) mass is 520 g/mol. The number of ketones is 1. The van der Waals surface area contributed by atoms with E-state index in [2.05, 4.69) is 42.6 Å². The van der Waals surface area contributed by atoms with Crippen LogP contribution in [-0.4, -0.2) is 36.8 Å². The van der Waals surface area contributed by atoms with Gasteiger partial charge in [0.25, 0.3) is 0 Å². The highest BCUT2D eigenvalue weighted by atomic mass is 32.1. The predicted molar refractivity (Wildman–Crippen MR) is 151 cm³/mol. The Morgan fingerprint density at radius 1 is 0.921 bits per heavy atom. The van der Waals surface area contributed by atoms with Crippen molar-refractivity contribution in [1.82, 2.24) is 25.1 Å². The second-order valence-electron chi connectivity index (χ2n) is 9.14. The molecule has 38 heavy (non-hydrogen) atoms. The van der Waals surface area contributed by atoms with Gasteiger partial charge in [-0.25, -0.2) is 0 Å². The normalized spacial score (nSPS) is 11.3. The molecule has 0 atom stereocenters. The lowest BCUT2D eigenvalue weighted by Crippen LogP contribution is -2.10. The number of amides is 1. The van der Waals surface area contributed by atoms with Gasteiger partial charge in [-0.05, 0) is 55.3 Å². The van der Waals surface area contributed by atoms with E-state index in [-0.39, 0.29) is 11.7 Å². The molecule has 188 valence electrons. The summed E-state index contributed by atoms with van der Waals surface area (Å²) in [5, 5.41) is 12.6. The van der Waals surface area contributed by atoms with E-state index in [9.17, 15) is 9.59 Å². The lowest BCUT2D eigenvalue weighted by molar-refractivity contribution is -0.116. The Kier molecular flexibility index (Phi) is 6.05. The Bertz CT molecular complexity index is 1830. The van der Waals surface area contributed by atoms with Crippen molar-refractivity contribution >= 4 is 50.5 Å². The van der Waals surface area contributed by atoms with Crippen molar-refractivity contribution in [3.8, 4) is 33.0 Å². The summed E-state index contributed by atoms with van der Waals surface area (Å²) >= 11 is 1.47. The maximum Gasteiger partial charge on any atom is 0.224 e. The maximum absolute atomic E-state index is 12.0. The number of benzene rings is 1. The molecule has 0 saturated carbocycles. The number of Topliss-reactive ketones (excluding diaryl/α,β-unsaturated/α-hetero) is 1. The first-order chi connectivity index (χ1) is 18.5. The van der Waals surface area contributed by atoms with Crippen LogP contribution in [0.4, 0.5) is 5.69 Å². The topological polar surface area (TPSA) is 116 Å². The van der Waals surface area contributed by atoms with Crippen molar-refractivity contribution in [2.24, 2.45) is 0 Å². The minimum Gasteiger partial charge on any atom is -0.352 e. The van der Waals surface area contributed by atoms with Gasteiger partial charge in [0, 0.05) is 45.6 Å². The van der Waals surface area contributed by atoms with E-state index in [1.54, 1.807) is 25.5 Å². The number of H-pyrrole nitrogens is 2. The summed E-state index contributed by atoms with van der Waals surface area (Å²) in [6.07, 6.45) is 8.33. The highest BCUT2D eigenvalue weighted by molar-refractivity contribution is 7.17. The summed E-state index contributed by atoms with van der Waals surface area (Å²) in [6.45, 7) is 3.55. The Morgan fingerprint density at radius 3 is 2.61 bits per heavy atom. The zero-order valence-electron chi connectivity index (χ0n) is 20.8. The molecule has 5 aromatic heterocycles. The SMILES string of the molecule is CCCC(=O)Nc1cncc(-c2ccc3[nH]nc(-c4cc5c(-c6ccc(C(C)=O)s6)cncc5[nH]4)c3c2)c1. The number of anilines is 1. The van der Waals surface area contributed by atoms with Crippen LogP contribution in [0.1, 0.15) is 36.4 Å². The zero-order valence-corrected chi connectivity index (χ0v) is 21.6. The Morgan fingerprint density at radius 2 is 1.79 bits per heavy atom. The largest absolute Gasteiger partial charge is 0.352 e. The quantitative estimate of drug-likeness (QED) is 0.199. The van der Waals surface area contributed by atoms with Gasteiger partial charge in [-0.2, -0.15) is 5.10 Å². The molecular formula is C29H24N6O2S. The van der Waals surface area contributed by atoms with Crippen molar-refractivity contribution in [1.29, 1.82) is 0 Å². The van der Waals surface area contributed by atoms with E-state index in [1.165, 1.54) is 11.3 Å². The second kappa shape index (κ2) is 9.68. The van der Waals surface area contributed by atoms with Crippen LogP contribution in [0, 0.1) is 0 Å². The molecule has 0 bridgehead atoms. The molecule has 5 heterocycles. The molecule has 0 radical (unpaired) electrons. The summed E-state index contributed by atoms with van der Waals surface area (Å²) < 4.78 is 0. The van der Waals surface area contributed by atoms with Crippen LogP contribution in [-0.2, 0) is 4.79 Å². The number of nitrogens with zero attached hydrogens (tertiary/aromatic N) is 3. The van der Waals surface area contributed by atoms with Crippen LogP contribution in [0.2, 0.25) is 0 Å². The molecule has 0 spiro atoms. The number of thiophene rings is 1. The minimum atomic E-state index is -0.0215. The number of nitrogens with one attached hydrogen (secondary N) is 3. The van der Waals surface area contributed by atoms with Gasteiger partial charge in [-0.15, -0.1) is 11.3 Å². The first kappa shape index (κ1) is 23.7. The van der Waals surface area contributed by atoms with E-state index < -0.39 is 0 Å². The minimum absolute atomic E-state index is 0.0215. The summed E-state index contributed by atoms with van der Waals surface area (Å²) in [6, 6.07) is 13.9. The molecule has 3 N–H and O–H groups in total. The lowest BCUT2D eigenvalue weighted by Gasteiger charge is -2.07. The first-order valence-electron chi connectivity index (χ1n) is 12.3. The molecule has 6 rings (SSSR count). The molecule has 0 aliphatic heterocycles. The van der Waals surface area contributed by atoms with E-state index in [4.69, 9.17) is 0 Å². The Labute approximate surface area is 222 Å². The van der Waals surface area contributed by atoms with Gasteiger partial charge in [0.15, 0.2) is 5.78 Å². The third-order valence-corrected chi connectivity index (χ3v) is 7.63. The molecule has 0 aliphatic carbocycles. The third-order valence-electron chi connectivity index (χ3n) is 6.41. The average Bonchev–Trinajstić information content (AvgIpc) is 3.66. The van der Waals surface area contributed by atoms with Gasteiger partial charge in [0.05, 0.1) is 39.7 Å². The van der Waals surface area contributed by atoms with Gasteiger partial charge < -0.3 is 10.3 Å². The molecule has 0 fully saturated rings. The fourth-order valence-electron chi connectivity index (χ4n) is 4.56. The Hall–Kier alpha value is -4.63. The number of carbonyl (C=O) groups is 2. The van der Waals surface area contributed by atoms with Crippen LogP contribution in [0.25, 0.3) is 54.8 Å². The molecule has 1 amide bonds. The zero-order chi connectivity index (χ0) is 26.2. The lowest BCUT2D eigenvalue weighted by atomic mass is 10.0. The third kappa shape index (κ3) is 4.37. The molecule has 6 aromatic rings. The molecule has 1 aromatic carbocycles. The first-order valence-corrected chi connectivity index (χ1v) is 13.1. The van der Waals surface area contributed by atoms with Crippen LogP contribution in [0.3, 0.4) is 0 Å². The molecule has 0 unspecified atom stereocenters. The predicted octanol–water partition coefficient (Wildman–Crippen LogP) is 6.84. The van der Waals surface area contributed by atoms with Crippen molar-refractivity contribution in [3.05, 3.63) is 72.1 Å². The maximum atomic E-state index is 12.0. The van der Waals surface area contributed by atoms with Crippen molar-refractivity contribution < 1.29 is 9.59 Å². The van der Waals surface area contributed by atoms with Crippen molar-refractivity contribution in [3.63, 3.8) is 0 Å². The van der Waals surface area contributed by atoms with E-state index in [0.717, 1.165) is 66.1 Å². The van der Waals surface area contributed by atoms with Gasteiger partial charge in [0.1, 0.15) is 5.69 Å². The molecule has 0 saturated heterocycles. The number of aromatic nitrogens is 5. The van der Waals surface area contributed by atoms with Crippen LogP contribution >= 0.6 is 11.3 Å².